The summed E-state index contributed by atoms with van der Waals surface area (Å²) in [6.07, 6.45) is 5.59. The van der Waals surface area contributed by atoms with Crippen molar-refractivity contribution in [1.82, 2.24) is 5.32 Å². The summed E-state index contributed by atoms with van der Waals surface area (Å²) >= 11 is 0. The summed E-state index contributed by atoms with van der Waals surface area (Å²) in [6.45, 7) is 5.38. The van der Waals surface area contributed by atoms with Gasteiger partial charge in [-0.1, -0.05) is 19.1 Å². The van der Waals surface area contributed by atoms with Gasteiger partial charge in [-0.05, 0) is 26.3 Å². The fourth-order valence-electron chi connectivity index (χ4n) is 0.883. The highest BCUT2D eigenvalue weighted by molar-refractivity contribution is 4.85. The Morgan fingerprint density at radius 3 is 2.56 bits per heavy atom. The second-order valence-corrected chi connectivity index (χ2v) is 2.25. The standard InChI is InChI=1S/C8H17N/c1-4-6-8(5-2)7-9-3/h4,6,8-9H,5,7H2,1-3H3/b6-4+. The predicted octanol–water partition coefficient (Wildman–Crippen LogP) is 1.81. The molecule has 0 rings (SSSR count). The van der Waals surface area contributed by atoms with Crippen LogP contribution in [0.1, 0.15) is 20.3 Å². The fraction of sp³-hybridized carbons (Fsp3) is 0.750. The molecule has 0 amide bonds. The zero-order chi connectivity index (χ0) is 7.11. The first kappa shape index (κ1) is 8.70. The number of hydrogen-bond acceptors (Lipinski definition) is 1. The van der Waals surface area contributed by atoms with Gasteiger partial charge in [0.25, 0.3) is 0 Å². The van der Waals surface area contributed by atoms with E-state index in [1.807, 2.05) is 7.05 Å². The molecule has 1 atom stereocenters. The average molecular weight is 127 g/mol. The van der Waals surface area contributed by atoms with Crippen LogP contribution in [0.3, 0.4) is 0 Å². The van der Waals surface area contributed by atoms with Gasteiger partial charge in [0.05, 0.1) is 0 Å². The van der Waals surface area contributed by atoms with E-state index in [1.165, 1.54) is 6.42 Å². The highest BCUT2D eigenvalue weighted by Crippen LogP contribution is 2.01. The molecule has 0 bridgehead atoms. The lowest BCUT2D eigenvalue weighted by atomic mass is 10.1. The lowest BCUT2D eigenvalue weighted by molar-refractivity contribution is 0.580. The number of rotatable bonds is 4. The van der Waals surface area contributed by atoms with Crippen LogP contribution >= 0.6 is 0 Å². The Bertz CT molecular complexity index is 76.6. The fourth-order valence-corrected chi connectivity index (χ4v) is 0.883. The van der Waals surface area contributed by atoms with Crippen LogP contribution in [0, 0.1) is 5.92 Å². The maximum Gasteiger partial charge on any atom is 0.00111 e. The zero-order valence-corrected chi connectivity index (χ0v) is 6.65. The molecule has 1 unspecified atom stereocenters. The Morgan fingerprint density at radius 1 is 1.56 bits per heavy atom. The van der Waals surface area contributed by atoms with E-state index in [4.69, 9.17) is 0 Å². The number of allylic oxidation sites excluding steroid dienone is 1. The SMILES string of the molecule is C/C=C/C(CC)CNC. The van der Waals surface area contributed by atoms with Crippen molar-refractivity contribution in [3.63, 3.8) is 0 Å². The van der Waals surface area contributed by atoms with Gasteiger partial charge in [0, 0.05) is 6.54 Å². The maximum absolute atomic E-state index is 3.15. The molecule has 1 heteroatoms. The van der Waals surface area contributed by atoms with Gasteiger partial charge < -0.3 is 5.32 Å². The molecule has 0 saturated carbocycles. The smallest absolute Gasteiger partial charge is 0.00111 e. The van der Waals surface area contributed by atoms with E-state index in [0.717, 1.165) is 12.5 Å². The minimum absolute atomic E-state index is 0.722. The van der Waals surface area contributed by atoms with E-state index in [0.29, 0.717) is 0 Å². The summed E-state index contributed by atoms with van der Waals surface area (Å²) in [7, 11) is 1.99. The molecule has 0 saturated heterocycles. The third-order valence-electron chi connectivity index (χ3n) is 1.46. The van der Waals surface area contributed by atoms with E-state index >= 15 is 0 Å². The molecular formula is C8H17N. The van der Waals surface area contributed by atoms with Gasteiger partial charge in [0.2, 0.25) is 0 Å². The summed E-state index contributed by atoms with van der Waals surface area (Å²) < 4.78 is 0. The Balaban J connectivity index is 3.41. The molecule has 0 aromatic heterocycles. The van der Waals surface area contributed by atoms with Crippen LogP contribution < -0.4 is 5.32 Å². The Morgan fingerprint density at radius 2 is 2.22 bits per heavy atom. The van der Waals surface area contributed by atoms with Crippen molar-refractivity contribution in [3.05, 3.63) is 12.2 Å². The van der Waals surface area contributed by atoms with Crippen molar-refractivity contribution in [2.75, 3.05) is 13.6 Å². The normalized spacial score (nSPS) is 14.6. The minimum atomic E-state index is 0.722. The largest absolute Gasteiger partial charge is 0.319 e. The lowest BCUT2D eigenvalue weighted by Crippen LogP contribution is -2.16. The summed E-state index contributed by atoms with van der Waals surface area (Å²) in [5, 5.41) is 3.15. The first-order chi connectivity index (χ1) is 4.35. The molecule has 9 heavy (non-hydrogen) atoms. The maximum atomic E-state index is 3.15. The second kappa shape index (κ2) is 5.83. The summed E-state index contributed by atoms with van der Waals surface area (Å²) in [5.74, 6) is 0.722. The van der Waals surface area contributed by atoms with Gasteiger partial charge >= 0.3 is 0 Å². The summed E-state index contributed by atoms with van der Waals surface area (Å²) in [4.78, 5) is 0. The van der Waals surface area contributed by atoms with Gasteiger partial charge in [0.1, 0.15) is 0 Å². The lowest BCUT2D eigenvalue weighted by Gasteiger charge is -2.06. The van der Waals surface area contributed by atoms with Crippen LogP contribution in [0.2, 0.25) is 0 Å². The zero-order valence-electron chi connectivity index (χ0n) is 6.65. The molecule has 0 heterocycles. The van der Waals surface area contributed by atoms with Crippen molar-refractivity contribution >= 4 is 0 Å². The highest BCUT2D eigenvalue weighted by Gasteiger charge is 1.96. The van der Waals surface area contributed by atoms with Crippen LogP contribution in [0.15, 0.2) is 12.2 Å². The van der Waals surface area contributed by atoms with Gasteiger partial charge in [-0.2, -0.15) is 0 Å². The molecule has 54 valence electrons. The number of nitrogens with one attached hydrogen (secondary N) is 1. The third kappa shape index (κ3) is 4.22. The van der Waals surface area contributed by atoms with Crippen LogP contribution in [0.4, 0.5) is 0 Å². The molecule has 0 aromatic rings. The van der Waals surface area contributed by atoms with Gasteiger partial charge in [-0.25, -0.2) is 0 Å². The molecule has 0 aromatic carbocycles. The van der Waals surface area contributed by atoms with E-state index in [1.54, 1.807) is 0 Å². The van der Waals surface area contributed by atoms with Crippen molar-refractivity contribution in [2.45, 2.75) is 20.3 Å². The van der Waals surface area contributed by atoms with Crippen molar-refractivity contribution in [3.8, 4) is 0 Å². The van der Waals surface area contributed by atoms with Crippen LogP contribution in [-0.2, 0) is 0 Å². The molecule has 0 aliphatic heterocycles. The van der Waals surface area contributed by atoms with Crippen molar-refractivity contribution in [1.29, 1.82) is 0 Å². The molecule has 0 aliphatic rings. The third-order valence-corrected chi connectivity index (χ3v) is 1.46. The molecule has 1 nitrogen and oxygen atoms in total. The van der Waals surface area contributed by atoms with E-state index in [-0.39, 0.29) is 0 Å². The Hall–Kier alpha value is -0.300. The van der Waals surface area contributed by atoms with Gasteiger partial charge in [-0.15, -0.1) is 0 Å². The topological polar surface area (TPSA) is 12.0 Å². The molecule has 0 spiro atoms. The molecule has 1 N–H and O–H groups in total. The predicted molar refractivity (Wildman–Crippen MR) is 42.5 cm³/mol. The van der Waals surface area contributed by atoms with Gasteiger partial charge in [-0.3, -0.25) is 0 Å². The minimum Gasteiger partial charge on any atom is -0.319 e. The highest BCUT2D eigenvalue weighted by atomic mass is 14.8. The Kier molecular flexibility index (Phi) is 5.64. The summed E-state index contributed by atoms with van der Waals surface area (Å²) in [6, 6.07) is 0. The monoisotopic (exact) mass is 127 g/mol. The quantitative estimate of drug-likeness (QED) is 0.568. The first-order valence-electron chi connectivity index (χ1n) is 3.62. The van der Waals surface area contributed by atoms with E-state index in [2.05, 4.69) is 31.3 Å². The molecule has 0 radical (unpaired) electrons. The average Bonchev–Trinajstić information content (AvgIpc) is 1.88. The molecular weight excluding hydrogens is 110 g/mol. The molecule has 0 fully saturated rings. The first-order valence-corrected chi connectivity index (χ1v) is 3.62. The number of hydrogen-bond donors (Lipinski definition) is 1. The summed E-state index contributed by atoms with van der Waals surface area (Å²) in [5.41, 5.74) is 0. The van der Waals surface area contributed by atoms with Crippen LogP contribution in [0.5, 0.6) is 0 Å². The van der Waals surface area contributed by atoms with Crippen molar-refractivity contribution < 1.29 is 0 Å². The van der Waals surface area contributed by atoms with Gasteiger partial charge in [0.15, 0.2) is 0 Å². The van der Waals surface area contributed by atoms with E-state index in [9.17, 15) is 0 Å². The van der Waals surface area contributed by atoms with Crippen LogP contribution in [-0.4, -0.2) is 13.6 Å². The Labute approximate surface area is 58.2 Å². The second-order valence-electron chi connectivity index (χ2n) is 2.25. The van der Waals surface area contributed by atoms with Crippen molar-refractivity contribution in [2.24, 2.45) is 5.92 Å². The van der Waals surface area contributed by atoms with Crippen LogP contribution in [0.25, 0.3) is 0 Å². The van der Waals surface area contributed by atoms with E-state index < -0.39 is 0 Å². The molecule has 0 aliphatic carbocycles.